The maximum Gasteiger partial charge on any atom is 0.356 e. The number of ether oxygens (including phenoxy) is 1. The highest BCUT2D eigenvalue weighted by Crippen LogP contribution is 2.33. The van der Waals surface area contributed by atoms with Gasteiger partial charge in [0.2, 0.25) is 5.95 Å². The molecule has 1 aliphatic rings. The lowest BCUT2D eigenvalue weighted by atomic mass is 9.93. The molecule has 0 radical (unpaired) electrons. The van der Waals surface area contributed by atoms with Crippen molar-refractivity contribution in [3.8, 4) is 11.4 Å². The molecule has 2 heterocycles. The van der Waals surface area contributed by atoms with Crippen LogP contribution in [0.5, 0.6) is 0 Å². The summed E-state index contributed by atoms with van der Waals surface area (Å²) in [4.78, 5) is 20.7. The molecule has 0 aliphatic heterocycles. The number of rotatable bonds is 5. The molecule has 0 bridgehead atoms. The number of nitrogens with two attached hydrogens (primary N) is 2. The molecule has 24 heavy (non-hydrogen) atoms. The number of aromatic nitrogens is 4. The zero-order valence-electron chi connectivity index (χ0n) is 13.5. The molecule has 0 unspecified atom stereocenters. The van der Waals surface area contributed by atoms with E-state index in [0.717, 1.165) is 24.0 Å². The van der Waals surface area contributed by atoms with Gasteiger partial charge in [-0.25, -0.2) is 14.8 Å². The number of nitrogens with zero attached hydrogens (tertiary/aromatic N) is 4. The number of fused-ring (bicyclic) bond motifs is 3. The van der Waals surface area contributed by atoms with E-state index in [0.29, 0.717) is 43.2 Å². The lowest BCUT2D eigenvalue weighted by Crippen LogP contribution is -2.17. The first-order valence-corrected chi connectivity index (χ1v) is 7.74. The van der Waals surface area contributed by atoms with Gasteiger partial charge >= 0.3 is 5.97 Å². The number of esters is 1. The maximum atomic E-state index is 12.4. The van der Waals surface area contributed by atoms with Crippen molar-refractivity contribution in [3.63, 3.8) is 0 Å². The number of carbonyl (C=O) groups excluding carboxylic acids is 1. The SMILES string of the molecule is CCOC(=O)c1c2c(nn1CCCN)-c1nc(N)ncc1CC2.Cl. The second-order valence-electron chi connectivity index (χ2n) is 5.36. The molecule has 130 valence electrons. The standard InChI is InChI=1S/C15H20N6O2.ClH/c1-2-23-14(22)13-10-5-4-9-8-18-15(17)19-11(9)12(10)20-21(13)7-3-6-16;/h8H,2-7,16H2,1H3,(H2,17,18,19);1H. The number of hydrogen-bond acceptors (Lipinski definition) is 7. The zero-order valence-corrected chi connectivity index (χ0v) is 14.3. The second-order valence-corrected chi connectivity index (χ2v) is 5.36. The van der Waals surface area contributed by atoms with E-state index in [1.165, 1.54) is 0 Å². The van der Waals surface area contributed by atoms with Crippen LogP contribution in [0.3, 0.4) is 0 Å². The number of aryl methyl sites for hydroxylation is 2. The lowest BCUT2D eigenvalue weighted by molar-refractivity contribution is 0.0510. The van der Waals surface area contributed by atoms with Crippen LogP contribution in [0.2, 0.25) is 0 Å². The molecule has 0 saturated carbocycles. The van der Waals surface area contributed by atoms with Gasteiger partial charge in [0.1, 0.15) is 11.4 Å². The van der Waals surface area contributed by atoms with E-state index in [4.69, 9.17) is 16.2 Å². The van der Waals surface area contributed by atoms with Crippen molar-refractivity contribution in [1.29, 1.82) is 0 Å². The Balaban J connectivity index is 0.00000208. The zero-order chi connectivity index (χ0) is 16.4. The summed E-state index contributed by atoms with van der Waals surface area (Å²) in [6, 6.07) is 0. The van der Waals surface area contributed by atoms with E-state index in [9.17, 15) is 4.79 Å². The molecule has 9 heteroatoms. The van der Waals surface area contributed by atoms with Gasteiger partial charge in [0.25, 0.3) is 0 Å². The van der Waals surface area contributed by atoms with Gasteiger partial charge in [-0.1, -0.05) is 0 Å². The van der Waals surface area contributed by atoms with Gasteiger partial charge in [0.05, 0.1) is 12.3 Å². The molecule has 1 aliphatic carbocycles. The van der Waals surface area contributed by atoms with Crippen molar-refractivity contribution >= 4 is 24.3 Å². The van der Waals surface area contributed by atoms with Crippen molar-refractivity contribution in [2.24, 2.45) is 5.73 Å². The third kappa shape index (κ3) is 3.20. The van der Waals surface area contributed by atoms with E-state index in [-0.39, 0.29) is 24.3 Å². The topological polar surface area (TPSA) is 122 Å². The maximum absolute atomic E-state index is 12.4. The van der Waals surface area contributed by atoms with Crippen molar-refractivity contribution in [2.75, 3.05) is 18.9 Å². The quantitative estimate of drug-likeness (QED) is 0.768. The average molecular weight is 353 g/mol. The summed E-state index contributed by atoms with van der Waals surface area (Å²) in [5, 5.41) is 4.59. The molecule has 0 saturated heterocycles. The predicted octanol–water partition coefficient (Wildman–Crippen LogP) is 0.968. The van der Waals surface area contributed by atoms with Crippen LogP contribution in [0, 0.1) is 0 Å². The van der Waals surface area contributed by atoms with E-state index in [1.54, 1.807) is 17.8 Å². The molecule has 0 amide bonds. The van der Waals surface area contributed by atoms with Gasteiger partial charge in [-0.2, -0.15) is 5.10 Å². The minimum Gasteiger partial charge on any atom is -0.461 e. The van der Waals surface area contributed by atoms with Crippen LogP contribution in [-0.4, -0.2) is 38.9 Å². The molecular weight excluding hydrogens is 332 g/mol. The molecule has 4 N–H and O–H groups in total. The van der Waals surface area contributed by atoms with Crippen LogP contribution in [0.4, 0.5) is 5.95 Å². The Labute approximate surface area is 146 Å². The van der Waals surface area contributed by atoms with Crippen LogP contribution in [0.1, 0.15) is 35.0 Å². The Morgan fingerprint density at radius 3 is 2.88 bits per heavy atom. The second kappa shape index (κ2) is 7.59. The Morgan fingerprint density at radius 2 is 2.17 bits per heavy atom. The van der Waals surface area contributed by atoms with Gasteiger partial charge < -0.3 is 16.2 Å². The molecule has 2 aromatic heterocycles. The van der Waals surface area contributed by atoms with Gasteiger partial charge in [0.15, 0.2) is 0 Å². The van der Waals surface area contributed by atoms with E-state index < -0.39 is 0 Å². The monoisotopic (exact) mass is 352 g/mol. The van der Waals surface area contributed by atoms with Crippen molar-refractivity contribution in [2.45, 2.75) is 32.7 Å². The van der Waals surface area contributed by atoms with Crippen molar-refractivity contribution in [1.82, 2.24) is 19.7 Å². The fraction of sp³-hybridized carbons (Fsp3) is 0.467. The summed E-state index contributed by atoms with van der Waals surface area (Å²) in [5.41, 5.74) is 15.0. The smallest absolute Gasteiger partial charge is 0.356 e. The van der Waals surface area contributed by atoms with Gasteiger partial charge in [-0.05, 0) is 38.3 Å². The number of halogens is 1. The molecule has 0 aromatic carbocycles. The third-order valence-corrected chi connectivity index (χ3v) is 3.85. The first-order chi connectivity index (χ1) is 11.2. The lowest BCUT2D eigenvalue weighted by Gasteiger charge is -2.14. The number of nitrogen functional groups attached to an aromatic ring is 1. The molecule has 0 spiro atoms. The van der Waals surface area contributed by atoms with E-state index in [2.05, 4.69) is 15.1 Å². The van der Waals surface area contributed by atoms with Crippen LogP contribution in [0.15, 0.2) is 6.20 Å². The normalized spacial score (nSPS) is 12.1. The molecule has 0 atom stereocenters. The summed E-state index contributed by atoms with van der Waals surface area (Å²) >= 11 is 0. The molecule has 0 fully saturated rings. The number of carbonyl (C=O) groups is 1. The minimum atomic E-state index is -0.358. The number of anilines is 1. The van der Waals surface area contributed by atoms with Crippen LogP contribution < -0.4 is 11.5 Å². The Kier molecular flexibility index (Phi) is 5.74. The molecular formula is C15H21ClN6O2. The number of hydrogen-bond donors (Lipinski definition) is 2. The van der Waals surface area contributed by atoms with E-state index in [1.807, 2.05) is 0 Å². The largest absolute Gasteiger partial charge is 0.461 e. The fourth-order valence-corrected chi connectivity index (χ4v) is 2.83. The fourth-order valence-electron chi connectivity index (χ4n) is 2.83. The molecule has 3 rings (SSSR count). The Morgan fingerprint density at radius 1 is 1.38 bits per heavy atom. The van der Waals surface area contributed by atoms with Gasteiger partial charge in [0, 0.05) is 18.3 Å². The predicted molar refractivity (Wildman–Crippen MR) is 91.9 cm³/mol. The molecule has 8 nitrogen and oxygen atoms in total. The summed E-state index contributed by atoms with van der Waals surface area (Å²) < 4.78 is 6.88. The summed E-state index contributed by atoms with van der Waals surface area (Å²) in [7, 11) is 0. The van der Waals surface area contributed by atoms with Gasteiger partial charge in [-0.15, -0.1) is 12.4 Å². The van der Waals surface area contributed by atoms with E-state index >= 15 is 0 Å². The van der Waals surface area contributed by atoms with Crippen molar-refractivity contribution in [3.05, 3.63) is 23.0 Å². The highest BCUT2D eigenvalue weighted by Gasteiger charge is 2.30. The van der Waals surface area contributed by atoms with Crippen LogP contribution in [0.25, 0.3) is 11.4 Å². The Hall–Kier alpha value is -2.19. The van der Waals surface area contributed by atoms with Gasteiger partial charge in [-0.3, -0.25) is 4.68 Å². The minimum absolute atomic E-state index is 0. The summed E-state index contributed by atoms with van der Waals surface area (Å²) in [6.07, 6.45) is 3.90. The summed E-state index contributed by atoms with van der Waals surface area (Å²) in [6.45, 7) is 3.20. The highest BCUT2D eigenvalue weighted by atomic mass is 35.5. The average Bonchev–Trinajstić information content (AvgIpc) is 2.92. The first-order valence-electron chi connectivity index (χ1n) is 7.74. The third-order valence-electron chi connectivity index (χ3n) is 3.85. The first kappa shape index (κ1) is 18.2. The van der Waals surface area contributed by atoms with Crippen LogP contribution in [-0.2, 0) is 24.1 Å². The van der Waals surface area contributed by atoms with Crippen LogP contribution >= 0.6 is 12.4 Å². The van der Waals surface area contributed by atoms with Crippen molar-refractivity contribution < 1.29 is 9.53 Å². The summed E-state index contributed by atoms with van der Waals surface area (Å²) in [5.74, 6) is -0.158. The highest BCUT2D eigenvalue weighted by molar-refractivity contribution is 5.92. The Bertz CT molecular complexity index is 746. The molecule has 2 aromatic rings.